The summed E-state index contributed by atoms with van der Waals surface area (Å²) < 4.78 is 5.57. The number of aryl methyl sites for hydroxylation is 1. The molecule has 114 valence electrons. The van der Waals surface area contributed by atoms with Crippen LogP contribution in [0.15, 0.2) is 35.9 Å². The minimum absolute atomic E-state index is 0.00110. The second-order valence-corrected chi connectivity index (χ2v) is 6.80. The van der Waals surface area contributed by atoms with Gasteiger partial charge in [-0.25, -0.2) is 0 Å². The van der Waals surface area contributed by atoms with Crippen molar-refractivity contribution in [1.82, 2.24) is 0 Å². The first-order valence-electron chi connectivity index (χ1n) is 7.76. The Balaban J connectivity index is 1.99. The molecule has 0 radical (unpaired) electrons. The van der Waals surface area contributed by atoms with Crippen molar-refractivity contribution in [2.24, 2.45) is 17.3 Å². The molecule has 2 atom stereocenters. The van der Waals surface area contributed by atoms with Gasteiger partial charge in [0.2, 0.25) is 0 Å². The zero-order chi connectivity index (χ0) is 15.6. The Kier molecular flexibility index (Phi) is 4.55. The predicted octanol–water partition coefficient (Wildman–Crippen LogP) is 4.53. The van der Waals surface area contributed by atoms with Crippen LogP contribution in [0.3, 0.4) is 0 Å². The van der Waals surface area contributed by atoms with Crippen molar-refractivity contribution in [2.75, 3.05) is 0 Å². The van der Waals surface area contributed by atoms with Gasteiger partial charge in [-0.1, -0.05) is 56.7 Å². The molecule has 0 aromatic heterocycles. The van der Waals surface area contributed by atoms with E-state index in [2.05, 4.69) is 46.8 Å². The molecule has 1 fully saturated rings. The molecule has 0 spiro atoms. The molecule has 1 aliphatic rings. The Morgan fingerprint density at radius 1 is 1.24 bits per heavy atom. The SMILES string of the molecule is CCc1ccccc1COC(=O)C1C(C=C(C)C)C1(C)C. The number of hydrogen-bond acceptors (Lipinski definition) is 2. The first-order valence-corrected chi connectivity index (χ1v) is 7.76. The normalized spacial score (nSPS) is 22.5. The third kappa shape index (κ3) is 3.37. The Morgan fingerprint density at radius 3 is 2.43 bits per heavy atom. The maximum absolute atomic E-state index is 12.3. The smallest absolute Gasteiger partial charge is 0.310 e. The molecule has 2 heteroatoms. The molecule has 0 amide bonds. The summed E-state index contributed by atoms with van der Waals surface area (Å²) in [5.41, 5.74) is 3.66. The van der Waals surface area contributed by atoms with Crippen molar-refractivity contribution in [3.63, 3.8) is 0 Å². The van der Waals surface area contributed by atoms with E-state index in [1.54, 1.807) is 0 Å². The highest BCUT2D eigenvalue weighted by Crippen LogP contribution is 2.59. The highest BCUT2D eigenvalue weighted by molar-refractivity contribution is 5.78. The number of rotatable bonds is 5. The first-order chi connectivity index (χ1) is 9.87. The molecular formula is C19H26O2. The quantitative estimate of drug-likeness (QED) is 0.587. The standard InChI is InChI=1S/C19H26O2/c1-6-14-9-7-8-10-15(14)12-21-18(20)17-16(11-13(2)3)19(17,4)5/h7-11,16-17H,6,12H2,1-5H3. The van der Waals surface area contributed by atoms with E-state index < -0.39 is 0 Å². The van der Waals surface area contributed by atoms with Crippen LogP contribution in [0.4, 0.5) is 0 Å². The van der Waals surface area contributed by atoms with Gasteiger partial charge < -0.3 is 4.74 Å². The molecule has 1 saturated carbocycles. The highest BCUT2D eigenvalue weighted by atomic mass is 16.5. The molecule has 0 saturated heterocycles. The number of benzene rings is 1. The average molecular weight is 286 g/mol. The molecule has 1 aromatic carbocycles. The van der Waals surface area contributed by atoms with E-state index in [1.807, 2.05) is 18.2 Å². The van der Waals surface area contributed by atoms with Crippen molar-refractivity contribution >= 4 is 5.97 Å². The lowest BCUT2D eigenvalue weighted by molar-refractivity contribution is -0.147. The van der Waals surface area contributed by atoms with Crippen LogP contribution < -0.4 is 0 Å². The Labute approximate surface area is 128 Å². The number of esters is 1. The summed E-state index contributed by atoms with van der Waals surface area (Å²) in [4.78, 5) is 12.3. The van der Waals surface area contributed by atoms with Crippen LogP contribution in [0, 0.1) is 17.3 Å². The minimum Gasteiger partial charge on any atom is -0.461 e. The molecule has 0 bridgehead atoms. The second kappa shape index (κ2) is 6.05. The average Bonchev–Trinajstić information content (AvgIpc) is 2.96. The molecule has 2 rings (SSSR count). The van der Waals surface area contributed by atoms with Crippen LogP contribution in [0.5, 0.6) is 0 Å². The van der Waals surface area contributed by atoms with Crippen LogP contribution in [0.2, 0.25) is 0 Å². The van der Waals surface area contributed by atoms with Crippen LogP contribution >= 0.6 is 0 Å². The van der Waals surface area contributed by atoms with Crippen LogP contribution in [-0.4, -0.2) is 5.97 Å². The van der Waals surface area contributed by atoms with Gasteiger partial charge in [0.25, 0.3) is 0 Å². The molecule has 0 aliphatic heterocycles. The molecule has 1 aliphatic carbocycles. The molecule has 1 aromatic rings. The van der Waals surface area contributed by atoms with Gasteiger partial charge in [-0.3, -0.25) is 4.79 Å². The third-order valence-corrected chi connectivity index (χ3v) is 4.55. The van der Waals surface area contributed by atoms with E-state index in [4.69, 9.17) is 4.74 Å². The monoisotopic (exact) mass is 286 g/mol. The largest absolute Gasteiger partial charge is 0.461 e. The number of ether oxygens (including phenoxy) is 1. The number of carbonyl (C=O) groups is 1. The minimum atomic E-state index is -0.0617. The number of carbonyl (C=O) groups excluding carboxylic acids is 1. The van der Waals surface area contributed by atoms with Crippen LogP contribution in [-0.2, 0) is 22.6 Å². The Morgan fingerprint density at radius 2 is 1.86 bits per heavy atom. The van der Waals surface area contributed by atoms with Crippen molar-refractivity contribution in [3.05, 3.63) is 47.0 Å². The summed E-state index contributed by atoms with van der Waals surface area (Å²) in [7, 11) is 0. The van der Waals surface area contributed by atoms with Crippen LogP contribution in [0.25, 0.3) is 0 Å². The molecule has 0 heterocycles. The number of allylic oxidation sites excluding steroid dienone is 2. The molecule has 0 N–H and O–H groups in total. The van der Waals surface area contributed by atoms with Gasteiger partial charge in [-0.15, -0.1) is 0 Å². The van der Waals surface area contributed by atoms with E-state index in [0.717, 1.165) is 12.0 Å². The van der Waals surface area contributed by atoms with E-state index >= 15 is 0 Å². The fourth-order valence-electron chi connectivity index (χ4n) is 3.08. The van der Waals surface area contributed by atoms with Gasteiger partial charge in [-0.05, 0) is 42.7 Å². The van der Waals surface area contributed by atoms with E-state index in [9.17, 15) is 4.79 Å². The maximum atomic E-state index is 12.3. The van der Waals surface area contributed by atoms with Gasteiger partial charge in [0.05, 0.1) is 5.92 Å². The fraction of sp³-hybridized carbons (Fsp3) is 0.526. The highest BCUT2D eigenvalue weighted by Gasteiger charge is 2.61. The summed E-state index contributed by atoms with van der Waals surface area (Å²) >= 11 is 0. The van der Waals surface area contributed by atoms with Crippen molar-refractivity contribution in [2.45, 2.75) is 47.6 Å². The van der Waals surface area contributed by atoms with E-state index in [-0.39, 0.29) is 17.3 Å². The molecule has 21 heavy (non-hydrogen) atoms. The van der Waals surface area contributed by atoms with E-state index in [0.29, 0.717) is 12.5 Å². The molecule has 2 nitrogen and oxygen atoms in total. The predicted molar refractivity (Wildman–Crippen MR) is 85.8 cm³/mol. The third-order valence-electron chi connectivity index (χ3n) is 4.55. The lowest BCUT2D eigenvalue weighted by Crippen LogP contribution is -2.11. The second-order valence-electron chi connectivity index (χ2n) is 6.80. The summed E-state index contributed by atoms with van der Waals surface area (Å²) in [6.45, 7) is 10.9. The van der Waals surface area contributed by atoms with Crippen molar-refractivity contribution in [1.29, 1.82) is 0 Å². The zero-order valence-corrected chi connectivity index (χ0v) is 13.8. The zero-order valence-electron chi connectivity index (χ0n) is 13.8. The van der Waals surface area contributed by atoms with Crippen molar-refractivity contribution in [3.8, 4) is 0 Å². The van der Waals surface area contributed by atoms with Gasteiger partial charge in [0, 0.05) is 0 Å². The summed E-state index contributed by atoms with van der Waals surface area (Å²) in [5.74, 6) is 0.256. The Bertz CT molecular complexity index is 550. The van der Waals surface area contributed by atoms with E-state index in [1.165, 1.54) is 11.1 Å². The number of hydrogen-bond donors (Lipinski definition) is 0. The topological polar surface area (TPSA) is 26.3 Å². The summed E-state index contributed by atoms with van der Waals surface area (Å²) in [6, 6.07) is 8.16. The fourth-order valence-corrected chi connectivity index (χ4v) is 3.08. The van der Waals surface area contributed by atoms with Gasteiger partial charge in [-0.2, -0.15) is 0 Å². The van der Waals surface area contributed by atoms with Gasteiger partial charge >= 0.3 is 5.97 Å². The molecular weight excluding hydrogens is 260 g/mol. The van der Waals surface area contributed by atoms with Gasteiger partial charge in [0.1, 0.15) is 6.61 Å². The van der Waals surface area contributed by atoms with Crippen LogP contribution in [0.1, 0.15) is 45.7 Å². The molecule has 2 unspecified atom stereocenters. The van der Waals surface area contributed by atoms with Crippen molar-refractivity contribution < 1.29 is 9.53 Å². The van der Waals surface area contributed by atoms with Gasteiger partial charge in [0.15, 0.2) is 0 Å². The lowest BCUT2D eigenvalue weighted by Gasteiger charge is -2.09. The summed E-state index contributed by atoms with van der Waals surface area (Å²) in [5, 5.41) is 0. The first kappa shape index (κ1) is 15.8. The summed E-state index contributed by atoms with van der Waals surface area (Å²) in [6.07, 6.45) is 3.16. The lowest BCUT2D eigenvalue weighted by atomic mass is 10.1. The Hall–Kier alpha value is -1.57. The maximum Gasteiger partial charge on any atom is 0.310 e.